The van der Waals surface area contributed by atoms with Crippen LogP contribution in [0.3, 0.4) is 0 Å². The summed E-state index contributed by atoms with van der Waals surface area (Å²) in [6.07, 6.45) is 3.18. The number of halogens is 1. The van der Waals surface area contributed by atoms with Crippen LogP contribution >= 0.6 is 0 Å². The number of aromatic nitrogens is 1. The van der Waals surface area contributed by atoms with Crippen molar-refractivity contribution in [3.8, 4) is 0 Å². The Morgan fingerprint density at radius 3 is 2.58 bits per heavy atom. The highest BCUT2D eigenvalue weighted by Gasteiger charge is 2.21. The van der Waals surface area contributed by atoms with E-state index in [1.54, 1.807) is 24.4 Å². The van der Waals surface area contributed by atoms with E-state index in [4.69, 9.17) is 4.74 Å². The molecule has 1 aliphatic rings. The van der Waals surface area contributed by atoms with Gasteiger partial charge in [0.15, 0.2) is 0 Å². The van der Waals surface area contributed by atoms with Gasteiger partial charge in [0.1, 0.15) is 11.6 Å². The summed E-state index contributed by atoms with van der Waals surface area (Å²) in [6.45, 7) is 1.85. The van der Waals surface area contributed by atoms with Gasteiger partial charge in [-0.25, -0.2) is 9.37 Å². The Labute approximate surface area is 140 Å². The van der Waals surface area contributed by atoms with Gasteiger partial charge in [0.25, 0.3) is 0 Å². The van der Waals surface area contributed by atoms with Crippen molar-refractivity contribution in [3.63, 3.8) is 0 Å². The first-order valence-corrected chi connectivity index (χ1v) is 8.04. The Morgan fingerprint density at radius 2 is 1.92 bits per heavy atom. The molecule has 0 saturated carbocycles. The molecule has 2 N–H and O–H groups in total. The number of anilines is 2. The number of nitrogens with one attached hydrogen (secondary N) is 2. The Morgan fingerprint density at radius 1 is 1.17 bits per heavy atom. The zero-order valence-electron chi connectivity index (χ0n) is 13.3. The Kier molecular flexibility index (Phi) is 5.38. The number of amides is 1. The van der Waals surface area contributed by atoms with Crippen LogP contribution in [-0.4, -0.2) is 24.1 Å². The molecule has 6 heteroatoms. The third kappa shape index (κ3) is 4.52. The molecule has 0 radical (unpaired) electrons. The molecule has 1 saturated heterocycles. The summed E-state index contributed by atoms with van der Waals surface area (Å²) in [5.41, 5.74) is 1.82. The highest BCUT2D eigenvalue weighted by Crippen LogP contribution is 2.17. The van der Waals surface area contributed by atoms with Gasteiger partial charge in [-0.1, -0.05) is 12.1 Å². The van der Waals surface area contributed by atoms with Gasteiger partial charge in [-0.05, 0) is 42.7 Å². The average Bonchev–Trinajstić information content (AvgIpc) is 2.63. The molecule has 2 aromatic rings. The molecule has 126 valence electrons. The van der Waals surface area contributed by atoms with Crippen molar-refractivity contribution in [1.82, 2.24) is 4.98 Å². The van der Waals surface area contributed by atoms with Gasteiger partial charge < -0.3 is 15.4 Å². The van der Waals surface area contributed by atoms with Gasteiger partial charge in [-0.2, -0.15) is 0 Å². The summed E-state index contributed by atoms with van der Waals surface area (Å²) < 4.78 is 18.1. The molecule has 1 fully saturated rings. The topological polar surface area (TPSA) is 63.2 Å². The van der Waals surface area contributed by atoms with Gasteiger partial charge >= 0.3 is 0 Å². The van der Waals surface area contributed by atoms with Crippen LogP contribution in [0.25, 0.3) is 0 Å². The molecule has 0 spiro atoms. The van der Waals surface area contributed by atoms with E-state index in [9.17, 15) is 9.18 Å². The molecular formula is C18H20FN3O2. The van der Waals surface area contributed by atoms with Gasteiger partial charge in [0.2, 0.25) is 5.91 Å². The Balaban J connectivity index is 1.51. The standard InChI is InChI=1S/C18H20FN3O2/c19-15-3-1-13(2-4-15)11-20-16-5-6-17(21-12-16)22-18(23)14-7-9-24-10-8-14/h1-6,12,14,20H,7-11H2,(H,21,22,23). The lowest BCUT2D eigenvalue weighted by Crippen LogP contribution is -2.28. The second kappa shape index (κ2) is 7.88. The first-order valence-electron chi connectivity index (χ1n) is 8.04. The summed E-state index contributed by atoms with van der Waals surface area (Å²) >= 11 is 0. The molecule has 5 nitrogen and oxygen atoms in total. The lowest BCUT2D eigenvalue weighted by Gasteiger charge is -2.20. The van der Waals surface area contributed by atoms with E-state index in [-0.39, 0.29) is 17.6 Å². The SMILES string of the molecule is O=C(Nc1ccc(NCc2ccc(F)cc2)cn1)C1CCOCC1. The molecule has 1 aromatic heterocycles. The molecule has 1 aliphatic heterocycles. The number of carbonyl (C=O) groups is 1. The van der Waals surface area contributed by atoms with Crippen LogP contribution in [0.5, 0.6) is 0 Å². The van der Waals surface area contributed by atoms with Crippen LogP contribution in [0.4, 0.5) is 15.9 Å². The summed E-state index contributed by atoms with van der Waals surface area (Å²) in [5, 5.41) is 6.05. The summed E-state index contributed by atoms with van der Waals surface area (Å²) in [7, 11) is 0. The van der Waals surface area contributed by atoms with E-state index < -0.39 is 0 Å². The van der Waals surface area contributed by atoms with Crippen LogP contribution in [0.1, 0.15) is 18.4 Å². The zero-order valence-corrected chi connectivity index (χ0v) is 13.3. The number of hydrogen-bond acceptors (Lipinski definition) is 4. The van der Waals surface area contributed by atoms with Crippen molar-refractivity contribution in [2.75, 3.05) is 23.8 Å². The summed E-state index contributed by atoms with van der Waals surface area (Å²) in [5.74, 6) is 0.290. The molecule has 0 bridgehead atoms. The third-order valence-corrected chi connectivity index (χ3v) is 4.02. The van der Waals surface area contributed by atoms with Crippen LogP contribution in [0.15, 0.2) is 42.6 Å². The fourth-order valence-corrected chi connectivity index (χ4v) is 2.57. The Hall–Kier alpha value is -2.47. The molecule has 1 aromatic carbocycles. The minimum atomic E-state index is -0.245. The van der Waals surface area contributed by atoms with Crippen molar-refractivity contribution in [3.05, 3.63) is 54.0 Å². The predicted octanol–water partition coefficient (Wildman–Crippen LogP) is 3.20. The van der Waals surface area contributed by atoms with E-state index in [2.05, 4.69) is 15.6 Å². The number of hydrogen-bond donors (Lipinski definition) is 2. The van der Waals surface area contributed by atoms with Crippen LogP contribution < -0.4 is 10.6 Å². The largest absolute Gasteiger partial charge is 0.381 e. The first kappa shape index (κ1) is 16.4. The molecule has 0 aliphatic carbocycles. The number of benzene rings is 1. The number of ether oxygens (including phenoxy) is 1. The maximum absolute atomic E-state index is 12.9. The third-order valence-electron chi connectivity index (χ3n) is 4.02. The average molecular weight is 329 g/mol. The van der Waals surface area contributed by atoms with E-state index >= 15 is 0 Å². The second-order valence-corrected chi connectivity index (χ2v) is 5.79. The second-order valence-electron chi connectivity index (χ2n) is 5.79. The minimum absolute atomic E-state index is 0.00202. The molecular weight excluding hydrogens is 309 g/mol. The number of rotatable bonds is 5. The van der Waals surface area contributed by atoms with E-state index in [1.165, 1.54) is 12.1 Å². The molecule has 0 unspecified atom stereocenters. The predicted molar refractivity (Wildman–Crippen MR) is 90.1 cm³/mol. The normalized spacial score (nSPS) is 15.0. The highest BCUT2D eigenvalue weighted by atomic mass is 19.1. The molecule has 24 heavy (non-hydrogen) atoms. The molecule has 0 atom stereocenters. The summed E-state index contributed by atoms with van der Waals surface area (Å²) in [4.78, 5) is 16.4. The van der Waals surface area contributed by atoms with Crippen molar-refractivity contribution < 1.29 is 13.9 Å². The lowest BCUT2D eigenvalue weighted by atomic mass is 9.99. The maximum Gasteiger partial charge on any atom is 0.228 e. The maximum atomic E-state index is 12.9. The van der Waals surface area contributed by atoms with E-state index in [0.717, 1.165) is 24.1 Å². The fourth-order valence-electron chi connectivity index (χ4n) is 2.57. The van der Waals surface area contributed by atoms with E-state index in [0.29, 0.717) is 25.6 Å². The van der Waals surface area contributed by atoms with Gasteiger partial charge in [0.05, 0.1) is 11.9 Å². The van der Waals surface area contributed by atoms with Crippen molar-refractivity contribution in [1.29, 1.82) is 0 Å². The van der Waals surface area contributed by atoms with Crippen LogP contribution in [-0.2, 0) is 16.1 Å². The van der Waals surface area contributed by atoms with Gasteiger partial charge in [-0.15, -0.1) is 0 Å². The van der Waals surface area contributed by atoms with Gasteiger partial charge in [-0.3, -0.25) is 4.79 Å². The van der Waals surface area contributed by atoms with Gasteiger partial charge in [0, 0.05) is 25.7 Å². The monoisotopic (exact) mass is 329 g/mol. The van der Waals surface area contributed by atoms with Crippen molar-refractivity contribution in [2.45, 2.75) is 19.4 Å². The number of carbonyl (C=O) groups excluding carboxylic acids is 1. The van der Waals surface area contributed by atoms with Crippen molar-refractivity contribution in [2.24, 2.45) is 5.92 Å². The van der Waals surface area contributed by atoms with Crippen LogP contribution in [0.2, 0.25) is 0 Å². The molecule has 3 rings (SSSR count). The van der Waals surface area contributed by atoms with E-state index in [1.807, 2.05) is 6.07 Å². The van der Waals surface area contributed by atoms with Crippen molar-refractivity contribution >= 4 is 17.4 Å². The smallest absolute Gasteiger partial charge is 0.228 e. The quantitative estimate of drug-likeness (QED) is 0.884. The fraction of sp³-hybridized carbons (Fsp3) is 0.333. The Bertz CT molecular complexity index is 668. The number of nitrogens with zero attached hydrogens (tertiary/aromatic N) is 1. The lowest BCUT2D eigenvalue weighted by molar-refractivity contribution is -0.122. The first-order chi connectivity index (χ1) is 11.7. The zero-order chi connectivity index (χ0) is 16.8. The number of pyridine rings is 1. The minimum Gasteiger partial charge on any atom is -0.381 e. The summed E-state index contributed by atoms with van der Waals surface area (Å²) in [6, 6.07) is 9.96. The molecule has 2 heterocycles. The van der Waals surface area contributed by atoms with Crippen LogP contribution in [0, 0.1) is 11.7 Å². The highest BCUT2D eigenvalue weighted by molar-refractivity contribution is 5.91. The molecule has 1 amide bonds.